The van der Waals surface area contributed by atoms with Gasteiger partial charge in [-0.15, -0.1) is 11.3 Å². The first-order valence-corrected chi connectivity index (χ1v) is 9.42. The molecule has 0 aliphatic rings. The van der Waals surface area contributed by atoms with E-state index in [2.05, 4.69) is 20.7 Å². The van der Waals surface area contributed by atoms with E-state index in [0.29, 0.717) is 12.1 Å². The fourth-order valence-corrected chi connectivity index (χ4v) is 5.38. The Morgan fingerprint density at radius 2 is 2.00 bits per heavy atom. The summed E-state index contributed by atoms with van der Waals surface area (Å²) in [6.45, 7) is 3.83. The third-order valence-corrected chi connectivity index (χ3v) is 6.54. The molecular formula is C14H16BrNO3S2. The molecule has 0 spiro atoms. The van der Waals surface area contributed by atoms with Crippen LogP contribution in [0.2, 0.25) is 0 Å². The van der Waals surface area contributed by atoms with E-state index in [1.54, 1.807) is 12.1 Å². The standard InChI is InChI=1S/C14H16BrNO3S2/c1-9-7-10(2)14(12(15)8-9)16-21(18,19)13-4-3-11(20-13)5-6-17/h3-4,7-8,16-17H,5-6H2,1-2H3. The highest BCUT2D eigenvalue weighted by Crippen LogP contribution is 2.31. The number of aliphatic hydroxyl groups excluding tert-OH is 1. The van der Waals surface area contributed by atoms with Crippen LogP contribution in [0.25, 0.3) is 0 Å². The number of aryl methyl sites for hydroxylation is 2. The van der Waals surface area contributed by atoms with E-state index in [4.69, 9.17) is 5.11 Å². The number of aliphatic hydroxyl groups is 1. The summed E-state index contributed by atoms with van der Waals surface area (Å²) >= 11 is 4.57. The summed E-state index contributed by atoms with van der Waals surface area (Å²) in [4.78, 5) is 0.845. The van der Waals surface area contributed by atoms with Gasteiger partial charge < -0.3 is 5.11 Å². The van der Waals surface area contributed by atoms with Crippen molar-refractivity contribution in [3.05, 3.63) is 44.7 Å². The molecule has 0 amide bonds. The van der Waals surface area contributed by atoms with E-state index in [-0.39, 0.29) is 10.8 Å². The molecule has 2 aromatic rings. The highest BCUT2D eigenvalue weighted by Gasteiger charge is 2.19. The highest BCUT2D eigenvalue weighted by molar-refractivity contribution is 9.10. The van der Waals surface area contributed by atoms with Crippen molar-refractivity contribution < 1.29 is 13.5 Å². The van der Waals surface area contributed by atoms with Crippen LogP contribution in [-0.4, -0.2) is 20.1 Å². The van der Waals surface area contributed by atoms with Crippen molar-refractivity contribution >= 4 is 43.0 Å². The van der Waals surface area contributed by atoms with Crippen LogP contribution in [-0.2, 0) is 16.4 Å². The van der Waals surface area contributed by atoms with Crippen molar-refractivity contribution in [1.82, 2.24) is 0 Å². The zero-order chi connectivity index (χ0) is 15.6. The normalized spacial score (nSPS) is 11.6. The maximum Gasteiger partial charge on any atom is 0.271 e. The van der Waals surface area contributed by atoms with Crippen LogP contribution in [0.4, 0.5) is 5.69 Å². The average Bonchev–Trinajstić information content (AvgIpc) is 2.84. The molecule has 21 heavy (non-hydrogen) atoms. The first-order valence-electron chi connectivity index (χ1n) is 6.32. The van der Waals surface area contributed by atoms with Crippen LogP contribution < -0.4 is 4.72 Å². The maximum absolute atomic E-state index is 12.4. The molecule has 0 unspecified atom stereocenters. The van der Waals surface area contributed by atoms with Crippen molar-refractivity contribution in [3.63, 3.8) is 0 Å². The molecule has 1 aromatic heterocycles. The van der Waals surface area contributed by atoms with Gasteiger partial charge in [0.05, 0.1) is 5.69 Å². The summed E-state index contributed by atoms with van der Waals surface area (Å²) in [6.07, 6.45) is 0.466. The number of sulfonamides is 1. The van der Waals surface area contributed by atoms with Crippen LogP contribution >= 0.6 is 27.3 Å². The molecule has 0 saturated carbocycles. The Labute approximate surface area is 137 Å². The van der Waals surface area contributed by atoms with E-state index in [9.17, 15) is 8.42 Å². The Morgan fingerprint density at radius 3 is 2.62 bits per heavy atom. The first-order chi connectivity index (χ1) is 9.83. The molecule has 1 aromatic carbocycles. The van der Waals surface area contributed by atoms with Gasteiger partial charge in [0.15, 0.2) is 0 Å². The summed E-state index contributed by atoms with van der Waals surface area (Å²) in [5.41, 5.74) is 2.47. The summed E-state index contributed by atoms with van der Waals surface area (Å²) < 4.78 is 28.4. The molecule has 0 saturated heterocycles. The zero-order valence-electron chi connectivity index (χ0n) is 11.7. The van der Waals surface area contributed by atoms with Gasteiger partial charge in [-0.05, 0) is 59.1 Å². The Morgan fingerprint density at radius 1 is 1.29 bits per heavy atom. The van der Waals surface area contributed by atoms with Crippen molar-refractivity contribution in [1.29, 1.82) is 0 Å². The molecule has 0 radical (unpaired) electrons. The molecule has 2 rings (SSSR count). The van der Waals surface area contributed by atoms with E-state index >= 15 is 0 Å². The van der Waals surface area contributed by atoms with Crippen LogP contribution in [0.1, 0.15) is 16.0 Å². The predicted octanol–water partition coefficient (Wildman–Crippen LogP) is 3.46. The molecule has 0 aliphatic carbocycles. The van der Waals surface area contributed by atoms with Crippen molar-refractivity contribution in [2.24, 2.45) is 0 Å². The number of hydrogen-bond acceptors (Lipinski definition) is 4. The van der Waals surface area contributed by atoms with Crippen LogP contribution in [0.5, 0.6) is 0 Å². The second-order valence-corrected chi connectivity index (χ2v) is 8.67. The lowest BCUT2D eigenvalue weighted by atomic mass is 10.1. The number of rotatable bonds is 5. The smallest absolute Gasteiger partial charge is 0.271 e. The maximum atomic E-state index is 12.4. The van der Waals surface area contributed by atoms with Crippen LogP contribution in [0.15, 0.2) is 32.9 Å². The molecule has 7 heteroatoms. The van der Waals surface area contributed by atoms with Crippen LogP contribution in [0.3, 0.4) is 0 Å². The Bertz CT molecular complexity index is 730. The van der Waals surface area contributed by atoms with Gasteiger partial charge in [0.1, 0.15) is 4.21 Å². The molecule has 2 N–H and O–H groups in total. The van der Waals surface area contributed by atoms with Crippen molar-refractivity contribution in [3.8, 4) is 0 Å². The van der Waals surface area contributed by atoms with Gasteiger partial charge in [-0.2, -0.15) is 0 Å². The second-order valence-electron chi connectivity index (χ2n) is 4.74. The van der Waals surface area contributed by atoms with E-state index < -0.39 is 10.0 Å². The molecule has 4 nitrogen and oxygen atoms in total. The monoisotopic (exact) mass is 389 g/mol. The Kier molecular flexibility index (Phi) is 5.08. The number of thiophene rings is 1. The third kappa shape index (κ3) is 3.85. The lowest BCUT2D eigenvalue weighted by Gasteiger charge is -2.12. The zero-order valence-corrected chi connectivity index (χ0v) is 14.9. The minimum atomic E-state index is -3.61. The van der Waals surface area contributed by atoms with Gasteiger partial charge in [-0.3, -0.25) is 4.72 Å². The molecule has 0 fully saturated rings. The number of halogens is 1. The third-order valence-electron chi connectivity index (χ3n) is 2.93. The van der Waals surface area contributed by atoms with E-state index in [1.807, 2.05) is 26.0 Å². The molecule has 0 bridgehead atoms. The van der Waals surface area contributed by atoms with Gasteiger partial charge in [-0.25, -0.2) is 8.42 Å². The van der Waals surface area contributed by atoms with E-state index in [0.717, 1.165) is 20.5 Å². The van der Waals surface area contributed by atoms with Gasteiger partial charge in [0.2, 0.25) is 0 Å². The summed E-state index contributed by atoms with van der Waals surface area (Å²) in [7, 11) is -3.61. The van der Waals surface area contributed by atoms with Crippen LogP contribution in [0, 0.1) is 13.8 Å². The van der Waals surface area contributed by atoms with Crippen molar-refractivity contribution in [2.45, 2.75) is 24.5 Å². The molecule has 1 heterocycles. The minimum absolute atomic E-state index is 0.00997. The summed E-state index contributed by atoms with van der Waals surface area (Å²) in [5.74, 6) is 0. The number of anilines is 1. The molecule has 114 valence electrons. The number of hydrogen-bond donors (Lipinski definition) is 2. The van der Waals surface area contributed by atoms with Gasteiger partial charge in [0, 0.05) is 22.4 Å². The quantitative estimate of drug-likeness (QED) is 0.822. The molecule has 0 aliphatic heterocycles. The minimum Gasteiger partial charge on any atom is -0.396 e. The predicted molar refractivity (Wildman–Crippen MR) is 89.5 cm³/mol. The fraction of sp³-hybridized carbons (Fsp3) is 0.286. The number of benzene rings is 1. The Hall–Kier alpha value is -0.890. The summed E-state index contributed by atoms with van der Waals surface area (Å²) in [6, 6.07) is 7.09. The molecule has 0 atom stereocenters. The first kappa shape index (κ1) is 16.5. The topological polar surface area (TPSA) is 66.4 Å². The fourth-order valence-electron chi connectivity index (χ4n) is 1.98. The van der Waals surface area contributed by atoms with Gasteiger partial charge >= 0.3 is 0 Å². The molecular weight excluding hydrogens is 374 g/mol. The average molecular weight is 390 g/mol. The van der Waals surface area contributed by atoms with Gasteiger partial charge in [-0.1, -0.05) is 6.07 Å². The Balaban J connectivity index is 2.33. The lowest BCUT2D eigenvalue weighted by Crippen LogP contribution is -2.13. The van der Waals surface area contributed by atoms with Gasteiger partial charge in [0.25, 0.3) is 10.0 Å². The number of nitrogens with one attached hydrogen (secondary N) is 1. The van der Waals surface area contributed by atoms with E-state index in [1.165, 1.54) is 11.3 Å². The SMILES string of the molecule is Cc1cc(C)c(NS(=O)(=O)c2ccc(CCO)s2)c(Br)c1. The van der Waals surface area contributed by atoms with Crippen molar-refractivity contribution in [2.75, 3.05) is 11.3 Å². The second kappa shape index (κ2) is 6.48. The lowest BCUT2D eigenvalue weighted by molar-refractivity contribution is 0.300. The largest absolute Gasteiger partial charge is 0.396 e. The highest BCUT2D eigenvalue weighted by atomic mass is 79.9. The summed E-state index contributed by atoms with van der Waals surface area (Å²) in [5, 5.41) is 8.90.